The van der Waals surface area contributed by atoms with E-state index in [0.29, 0.717) is 12.5 Å². The maximum Gasteiger partial charge on any atom is 0.226 e. The third kappa shape index (κ3) is 3.96. The molecule has 5 fully saturated rings. The zero-order chi connectivity index (χ0) is 21.7. The van der Waals surface area contributed by atoms with Gasteiger partial charge in [-0.2, -0.15) is 0 Å². The van der Waals surface area contributed by atoms with Crippen molar-refractivity contribution in [3.63, 3.8) is 0 Å². The van der Waals surface area contributed by atoms with Crippen LogP contribution in [0.2, 0.25) is 0 Å². The lowest BCUT2D eigenvalue weighted by Crippen LogP contribution is -2.47. The van der Waals surface area contributed by atoms with Crippen molar-refractivity contribution in [2.75, 3.05) is 25.5 Å². The van der Waals surface area contributed by atoms with Crippen LogP contribution in [-0.4, -0.2) is 46.5 Å². The molecule has 4 saturated carbocycles. The Morgan fingerprint density at radius 2 is 1.94 bits per heavy atom. The minimum atomic E-state index is 0.175. The van der Waals surface area contributed by atoms with Crippen LogP contribution >= 0.6 is 0 Å². The van der Waals surface area contributed by atoms with Gasteiger partial charge in [0.25, 0.3) is 0 Å². The van der Waals surface area contributed by atoms with E-state index < -0.39 is 0 Å². The number of hydrogen-bond donors (Lipinski definition) is 1. The zero-order valence-electron chi connectivity index (χ0n) is 19.3. The number of ether oxygens (including phenoxy) is 1. The van der Waals surface area contributed by atoms with Crippen molar-refractivity contribution in [1.29, 1.82) is 0 Å². The number of anilines is 1. The highest BCUT2D eigenvalue weighted by Gasteiger charge is 2.51. The first-order chi connectivity index (χ1) is 15.6. The molecule has 5 aliphatic rings. The predicted molar refractivity (Wildman–Crippen MR) is 124 cm³/mol. The fourth-order valence-electron chi connectivity index (χ4n) is 7.85. The summed E-state index contributed by atoms with van der Waals surface area (Å²) in [5, 5.41) is 3.24. The Bertz CT molecular complexity index is 964. The number of rotatable bonds is 6. The highest BCUT2D eigenvalue weighted by molar-refractivity contribution is 5.90. The van der Waals surface area contributed by atoms with E-state index in [4.69, 9.17) is 9.72 Å². The van der Waals surface area contributed by atoms with E-state index in [9.17, 15) is 4.79 Å². The minimum absolute atomic E-state index is 0.175. The van der Waals surface area contributed by atoms with Crippen LogP contribution in [0.4, 0.5) is 5.82 Å². The van der Waals surface area contributed by atoms with E-state index in [1.54, 1.807) is 7.11 Å². The lowest BCUT2D eigenvalue weighted by molar-refractivity contribution is -0.124. The topological polar surface area (TPSA) is 58.9 Å². The number of nitrogens with one attached hydrogen (secondary N) is 1. The molecular weight excluding hydrogens is 400 g/mol. The molecule has 1 aliphatic heterocycles. The van der Waals surface area contributed by atoms with Crippen LogP contribution in [0.3, 0.4) is 0 Å². The van der Waals surface area contributed by atoms with Gasteiger partial charge < -0.3 is 10.1 Å². The summed E-state index contributed by atoms with van der Waals surface area (Å²) < 4.78 is 7.61. The Morgan fingerprint density at radius 1 is 1.19 bits per heavy atom. The second-order valence-corrected chi connectivity index (χ2v) is 11.2. The van der Waals surface area contributed by atoms with Crippen LogP contribution in [-0.2, 0) is 16.1 Å². The molecule has 2 aromatic rings. The number of carbonyl (C=O) groups excluding carboxylic acids is 1. The van der Waals surface area contributed by atoms with Crippen molar-refractivity contribution in [2.24, 2.45) is 23.2 Å². The van der Waals surface area contributed by atoms with Gasteiger partial charge in [0.2, 0.25) is 5.91 Å². The van der Waals surface area contributed by atoms with Crippen LogP contribution in [0.15, 0.2) is 24.4 Å². The number of piperidine rings is 1. The molecule has 0 radical (unpaired) electrons. The lowest BCUT2D eigenvalue weighted by Gasteiger charge is -2.56. The van der Waals surface area contributed by atoms with E-state index in [-0.39, 0.29) is 11.3 Å². The summed E-state index contributed by atoms with van der Waals surface area (Å²) in [6.07, 6.45) is 13.4. The van der Waals surface area contributed by atoms with Crippen LogP contribution in [0, 0.1) is 23.2 Å². The smallest absolute Gasteiger partial charge is 0.226 e. The number of imidazole rings is 1. The number of methoxy groups -OCH3 is 1. The number of pyridine rings is 1. The summed E-state index contributed by atoms with van der Waals surface area (Å²) in [6, 6.07) is 6.01. The molecule has 172 valence electrons. The van der Waals surface area contributed by atoms with Gasteiger partial charge in [0, 0.05) is 32.8 Å². The molecule has 7 rings (SSSR count). The predicted octanol–water partition coefficient (Wildman–Crippen LogP) is 4.49. The Morgan fingerprint density at radius 3 is 2.66 bits per heavy atom. The standard InChI is InChI=1S/C26H36N4O2/c1-32-22-4-3-7-29(17-22)15-21-16-30-23(27-21)5-2-6-24(30)28-25(31)14-26-11-18-8-19(12-26)10-20(9-18)13-26/h2,5-6,16,18-20,22H,3-4,7-15,17H2,1H3,(H,28,31). The largest absolute Gasteiger partial charge is 0.380 e. The third-order valence-corrected chi connectivity index (χ3v) is 8.69. The van der Waals surface area contributed by atoms with Crippen molar-refractivity contribution < 1.29 is 9.53 Å². The van der Waals surface area contributed by atoms with Gasteiger partial charge in [-0.05, 0) is 93.2 Å². The molecule has 1 atom stereocenters. The average molecular weight is 437 g/mol. The Labute approximate surface area is 190 Å². The number of hydrogen-bond acceptors (Lipinski definition) is 4. The summed E-state index contributed by atoms with van der Waals surface area (Å²) >= 11 is 0. The van der Waals surface area contributed by atoms with Gasteiger partial charge in [0.15, 0.2) is 0 Å². The average Bonchev–Trinajstić information content (AvgIpc) is 3.16. The Kier molecular flexibility index (Phi) is 5.26. The van der Waals surface area contributed by atoms with Gasteiger partial charge in [0.05, 0.1) is 11.8 Å². The molecule has 32 heavy (non-hydrogen) atoms. The molecule has 1 amide bonds. The molecule has 0 aromatic carbocycles. The van der Waals surface area contributed by atoms with Crippen LogP contribution < -0.4 is 5.32 Å². The molecule has 4 bridgehead atoms. The summed E-state index contributed by atoms with van der Waals surface area (Å²) in [7, 11) is 1.80. The van der Waals surface area contributed by atoms with Crippen molar-refractivity contribution in [3.05, 3.63) is 30.1 Å². The molecule has 6 nitrogen and oxygen atoms in total. The first-order valence-corrected chi connectivity index (χ1v) is 12.6. The van der Waals surface area contributed by atoms with Gasteiger partial charge in [-0.15, -0.1) is 0 Å². The lowest BCUT2D eigenvalue weighted by atomic mass is 9.49. The summed E-state index contributed by atoms with van der Waals surface area (Å²) in [4.78, 5) is 20.4. The Hall–Kier alpha value is -1.92. The molecule has 4 aliphatic carbocycles. The molecule has 0 spiro atoms. The molecule has 1 unspecified atom stereocenters. The summed E-state index contributed by atoms with van der Waals surface area (Å²) in [5.41, 5.74) is 2.20. The van der Waals surface area contributed by atoms with Crippen molar-refractivity contribution >= 4 is 17.4 Å². The van der Waals surface area contributed by atoms with Crippen molar-refractivity contribution in [3.8, 4) is 0 Å². The normalized spacial score (nSPS) is 34.3. The number of aromatic nitrogens is 2. The fourth-order valence-corrected chi connectivity index (χ4v) is 7.85. The molecule has 2 aromatic heterocycles. The second kappa shape index (κ2) is 8.14. The quantitative estimate of drug-likeness (QED) is 0.725. The van der Waals surface area contributed by atoms with Crippen LogP contribution in [0.1, 0.15) is 63.5 Å². The summed E-state index contributed by atoms with van der Waals surface area (Å²) in [5.74, 6) is 3.64. The van der Waals surface area contributed by atoms with Gasteiger partial charge >= 0.3 is 0 Å². The van der Waals surface area contributed by atoms with Gasteiger partial charge in [-0.1, -0.05) is 6.07 Å². The van der Waals surface area contributed by atoms with Gasteiger partial charge in [0.1, 0.15) is 11.5 Å². The van der Waals surface area contributed by atoms with E-state index in [2.05, 4.69) is 16.4 Å². The fraction of sp³-hybridized carbons (Fsp3) is 0.692. The highest BCUT2D eigenvalue weighted by atomic mass is 16.5. The maximum atomic E-state index is 13.2. The van der Waals surface area contributed by atoms with Crippen molar-refractivity contribution in [1.82, 2.24) is 14.3 Å². The van der Waals surface area contributed by atoms with E-state index in [0.717, 1.165) is 67.4 Å². The number of amides is 1. The molecule has 3 heterocycles. The second-order valence-electron chi connectivity index (χ2n) is 11.2. The zero-order valence-corrected chi connectivity index (χ0v) is 19.3. The van der Waals surface area contributed by atoms with Gasteiger partial charge in [-0.25, -0.2) is 4.98 Å². The number of likely N-dealkylation sites (tertiary alicyclic amines) is 1. The number of fused-ring (bicyclic) bond motifs is 1. The van der Waals surface area contributed by atoms with Crippen LogP contribution in [0.25, 0.3) is 5.65 Å². The molecule has 1 saturated heterocycles. The monoisotopic (exact) mass is 436 g/mol. The maximum absolute atomic E-state index is 13.2. The van der Waals surface area contributed by atoms with E-state index >= 15 is 0 Å². The van der Waals surface area contributed by atoms with E-state index in [1.807, 2.05) is 22.6 Å². The first-order valence-electron chi connectivity index (χ1n) is 12.6. The number of nitrogens with zero attached hydrogens (tertiary/aromatic N) is 3. The first kappa shape index (κ1) is 20.7. The highest BCUT2D eigenvalue weighted by Crippen LogP contribution is 2.61. The van der Waals surface area contributed by atoms with Gasteiger partial charge in [-0.3, -0.25) is 14.1 Å². The molecule has 1 N–H and O–H groups in total. The minimum Gasteiger partial charge on any atom is -0.380 e. The number of carbonyl (C=O) groups is 1. The summed E-state index contributed by atoms with van der Waals surface area (Å²) in [6.45, 7) is 2.86. The molecule has 6 heteroatoms. The molecular formula is C26H36N4O2. The van der Waals surface area contributed by atoms with Crippen LogP contribution in [0.5, 0.6) is 0 Å². The Balaban J connectivity index is 1.15. The SMILES string of the molecule is COC1CCCN(Cc2cn3c(NC(=O)CC45CC6CC(CC(C6)C4)C5)cccc3n2)C1. The van der Waals surface area contributed by atoms with E-state index in [1.165, 1.54) is 38.5 Å². The third-order valence-electron chi connectivity index (χ3n) is 8.69. The van der Waals surface area contributed by atoms with Crippen molar-refractivity contribution in [2.45, 2.75) is 70.4 Å².